The standard InChI is InChI=1S/C18H21ClN2O4S/c1-13(2)25-17-9-7-15(8-10-17)20-18(22)12-21(26(3,23)24)16-6-4-5-14(19)11-16/h4-11,13H,12H2,1-3H3,(H,20,22). The minimum Gasteiger partial charge on any atom is -0.491 e. The van der Waals surface area contributed by atoms with Crippen molar-refractivity contribution in [3.05, 3.63) is 53.6 Å². The molecule has 8 heteroatoms. The van der Waals surface area contributed by atoms with Gasteiger partial charge in [-0.05, 0) is 56.3 Å². The number of halogens is 1. The highest BCUT2D eigenvalue weighted by atomic mass is 35.5. The van der Waals surface area contributed by atoms with Gasteiger partial charge in [0.15, 0.2) is 0 Å². The van der Waals surface area contributed by atoms with Crippen LogP contribution < -0.4 is 14.4 Å². The number of anilines is 2. The number of ether oxygens (including phenoxy) is 1. The number of amides is 1. The van der Waals surface area contributed by atoms with Crippen LogP contribution in [-0.2, 0) is 14.8 Å². The summed E-state index contributed by atoms with van der Waals surface area (Å²) in [6.07, 6.45) is 1.09. The molecule has 0 unspecified atom stereocenters. The molecule has 6 nitrogen and oxygen atoms in total. The van der Waals surface area contributed by atoms with Gasteiger partial charge in [0.1, 0.15) is 12.3 Å². The summed E-state index contributed by atoms with van der Waals surface area (Å²) >= 11 is 5.92. The largest absolute Gasteiger partial charge is 0.491 e. The van der Waals surface area contributed by atoms with Crippen molar-refractivity contribution in [3.8, 4) is 5.75 Å². The molecule has 2 aromatic rings. The van der Waals surface area contributed by atoms with E-state index in [9.17, 15) is 13.2 Å². The summed E-state index contributed by atoms with van der Waals surface area (Å²) in [5.74, 6) is 0.225. The molecule has 140 valence electrons. The third-order valence-corrected chi connectivity index (χ3v) is 4.67. The van der Waals surface area contributed by atoms with Gasteiger partial charge in [-0.1, -0.05) is 17.7 Å². The van der Waals surface area contributed by atoms with E-state index in [1.807, 2.05) is 13.8 Å². The molecule has 26 heavy (non-hydrogen) atoms. The second-order valence-corrected chi connectivity index (χ2v) is 8.33. The van der Waals surface area contributed by atoms with Crippen molar-refractivity contribution in [3.63, 3.8) is 0 Å². The first kappa shape index (κ1) is 20.1. The van der Waals surface area contributed by atoms with Crippen molar-refractivity contribution in [2.45, 2.75) is 20.0 Å². The topological polar surface area (TPSA) is 75.7 Å². The minimum absolute atomic E-state index is 0.0523. The van der Waals surface area contributed by atoms with Crippen LogP contribution in [0.3, 0.4) is 0 Å². The molecule has 0 spiro atoms. The lowest BCUT2D eigenvalue weighted by atomic mass is 10.3. The summed E-state index contributed by atoms with van der Waals surface area (Å²) in [6, 6.07) is 13.2. The van der Waals surface area contributed by atoms with Gasteiger partial charge in [-0.25, -0.2) is 8.42 Å². The lowest BCUT2D eigenvalue weighted by molar-refractivity contribution is -0.114. The highest BCUT2D eigenvalue weighted by molar-refractivity contribution is 7.92. The van der Waals surface area contributed by atoms with Crippen molar-refractivity contribution in [1.29, 1.82) is 0 Å². The van der Waals surface area contributed by atoms with Crippen LogP contribution in [0.4, 0.5) is 11.4 Å². The molecule has 0 aliphatic heterocycles. The van der Waals surface area contributed by atoms with Gasteiger partial charge in [-0.15, -0.1) is 0 Å². The van der Waals surface area contributed by atoms with Gasteiger partial charge in [0, 0.05) is 10.7 Å². The van der Waals surface area contributed by atoms with E-state index < -0.39 is 15.9 Å². The zero-order valence-electron chi connectivity index (χ0n) is 14.8. The Kier molecular flexibility index (Phi) is 6.50. The predicted molar refractivity (Wildman–Crippen MR) is 104 cm³/mol. The smallest absolute Gasteiger partial charge is 0.245 e. The number of benzene rings is 2. The quantitative estimate of drug-likeness (QED) is 0.776. The molecular formula is C18H21ClN2O4S. The van der Waals surface area contributed by atoms with Crippen molar-refractivity contribution >= 4 is 38.9 Å². The fraction of sp³-hybridized carbons (Fsp3) is 0.278. The van der Waals surface area contributed by atoms with Gasteiger partial charge in [0.05, 0.1) is 18.0 Å². The Hall–Kier alpha value is -2.25. The van der Waals surface area contributed by atoms with Crippen LogP contribution in [0.25, 0.3) is 0 Å². The minimum atomic E-state index is -3.65. The van der Waals surface area contributed by atoms with Crippen molar-refractivity contribution in [2.75, 3.05) is 22.4 Å². The second kappa shape index (κ2) is 8.42. The number of hydrogen-bond acceptors (Lipinski definition) is 4. The number of sulfonamides is 1. The van der Waals surface area contributed by atoms with Gasteiger partial charge in [-0.3, -0.25) is 9.10 Å². The van der Waals surface area contributed by atoms with Crippen molar-refractivity contribution in [2.24, 2.45) is 0 Å². The van der Waals surface area contributed by atoms with Crippen molar-refractivity contribution in [1.82, 2.24) is 0 Å². The van der Waals surface area contributed by atoms with E-state index in [4.69, 9.17) is 16.3 Å². The fourth-order valence-electron chi connectivity index (χ4n) is 2.25. The molecule has 0 aliphatic rings. The third kappa shape index (κ3) is 5.93. The van der Waals surface area contributed by atoms with E-state index in [-0.39, 0.29) is 12.6 Å². The van der Waals surface area contributed by atoms with E-state index in [0.717, 1.165) is 10.6 Å². The zero-order valence-corrected chi connectivity index (χ0v) is 16.3. The van der Waals surface area contributed by atoms with Gasteiger partial charge in [0.25, 0.3) is 0 Å². The van der Waals surface area contributed by atoms with Crippen molar-refractivity contribution < 1.29 is 17.9 Å². The number of hydrogen-bond donors (Lipinski definition) is 1. The summed E-state index contributed by atoms with van der Waals surface area (Å²) in [4.78, 5) is 12.3. The van der Waals surface area contributed by atoms with Crippen LogP contribution in [0, 0.1) is 0 Å². The third-order valence-electron chi connectivity index (χ3n) is 3.29. The van der Waals surface area contributed by atoms with Gasteiger partial charge < -0.3 is 10.1 Å². The van der Waals surface area contributed by atoms with Crippen LogP contribution in [0.1, 0.15) is 13.8 Å². The molecular weight excluding hydrogens is 376 g/mol. The average molecular weight is 397 g/mol. The molecule has 1 N–H and O–H groups in total. The number of nitrogens with one attached hydrogen (secondary N) is 1. The van der Waals surface area contributed by atoms with E-state index in [2.05, 4.69) is 5.32 Å². The molecule has 0 aromatic heterocycles. The lowest BCUT2D eigenvalue weighted by Gasteiger charge is -2.22. The summed E-state index contributed by atoms with van der Waals surface area (Å²) < 4.78 is 30.7. The Balaban J connectivity index is 2.10. The molecule has 2 rings (SSSR count). The number of rotatable bonds is 7. The normalized spacial score (nSPS) is 11.3. The molecule has 0 saturated carbocycles. The van der Waals surface area contributed by atoms with Gasteiger partial charge in [0.2, 0.25) is 15.9 Å². The first-order chi connectivity index (χ1) is 12.1. The second-order valence-electron chi connectivity index (χ2n) is 5.99. The first-order valence-corrected chi connectivity index (χ1v) is 10.2. The number of nitrogens with zero attached hydrogens (tertiary/aromatic N) is 1. The van der Waals surface area contributed by atoms with E-state index in [1.165, 1.54) is 6.07 Å². The Morgan fingerprint density at radius 3 is 2.38 bits per heavy atom. The van der Waals surface area contributed by atoms with Gasteiger partial charge >= 0.3 is 0 Å². The number of carbonyl (C=O) groups excluding carboxylic acids is 1. The lowest BCUT2D eigenvalue weighted by Crippen LogP contribution is -2.37. The Bertz CT molecular complexity index is 867. The van der Waals surface area contributed by atoms with Crippen LogP contribution in [0.5, 0.6) is 5.75 Å². The molecule has 0 aliphatic carbocycles. The highest BCUT2D eigenvalue weighted by Gasteiger charge is 2.21. The van der Waals surface area contributed by atoms with Crippen LogP contribution in [0.2, 0.25) is 5.02 Å². The maximum Gasteiger partial charge on any atom is 0.245 e. The Morgan fingerprint density at radius 1 is 1.19 bits per heavy atom. The molecule has 2 aromatic carbocycles. The first-order valence-electron chi connectivity index (χ1n) is 7.95. The SMILES string of the molecule is CC(C)Oc1ccc(NC(=O)CN(c2cccc(Cl)c2)S(C)(=O)=O)cc1. The maximum atomic E-state index is 12.3. The number of carbonyl (C=O) groups is 1. The molecule has 0 atom stereocenters. The van der Waals surface area contributed by atoms with Crippen LogP contribution in [0.15, 0.2) is 48.5 Å². The predicted octanol–water partition coefficient (Wildman–Crippen LogP) is 3.53. The Labute approximate surface area is 158 Å². The summed E-state index contributed by atoms with van der Waals surface area (Å²) in [7, 11) is -3.65. The maximum absolute atomic E-state index is 12.3. The molecule has 0 bridgehead atoms. The average Bonchev–Trinajstić information content (AvgIpc) is 2.53. The fourth-order valence-corrected chi connectivity index (χ4v) is 3.28. The molecule has 0 radical (unpaired) electrons. The zero-order chi connectivity index (χ0) is 19.3. The van der Waals surface area contributed by atoms with E-state index in [1.54, 1.807) is 42.5 Å². The monoisotopic (exact) mass is 396 g/mol. The molecule has 0 fully saturated rings. The molecule has 0 saturated heterocycles. The Morgan fingerprint density at radius 2 is 1.85 bits per heavy atom. The van der Waals surface area contributed by atoms with Crippen LogP contribution in [-0.4, -0.2) is 33.2 Å². The van der Waals surface area contributed by atoms with Crippen LogP contribution >= 0.6 is 11.6 Å². The summed E-state index contributed by atoms with van der Waals surface area (Å²) in [5, 5.41) is 3.06. The summed E-state index contributed by atoms with van der Waals surface area (Å²) in [6.45, 7) is 3.49. The molecule has 1 amide bonds. The highest BCUT2D eigenvalue weighted by Crippen LogP contribution is 2.22. The van der Waals surface area contributed by atoms with Gasteiger partial charge in [-0.2, -0.15) is 0 Å². The summed E-state index contributed by atoms with van der Waals surface area (Å²) in [5.41, 5.74) is 0.876. The molecule has 0 heterocycles. The van der Waals surface area contributed by atoms with E-state index >= 15 is 0 Å². The van der Waals surface area contributed by atoms with E-state index in [0.29, 0.717) is 22.1 Å².